The number of ether oxygens (including phenoxy) is 4. The Morgan fingerprint density at radius 3 is 2.20 bits per heavy atom. The molecule has 1 atom stereocenters. The van der Waals surface area contributed by atoms with Crippen LogP contribution in [0.25, 0.3) is 11.4 Å². The summed E-state index contributed by atoms with van der Waals surface area (Å²) in [7, 11) is 6.15. The number of nitrogens with zero attached hydrogens (tertiary/aromatic N) is 3. The molecule has 0 saturated carbocycles. The van der Waals surface area contributed by atoms with Gasteiger partial charge in [0.25, 0.3) is 5.91 Å². The average Bonchev–Trinajstić information content (AvgIpc) is 3.40. The summed E-state index contributed by atoms with van der Waals surface area (Å²) in [5.74, 6) is 2.48. The molecule has 0 spiro atoms. The summed E-state index contributed by atoms with van der Waals surface area (Å²) < 4.78 is 23.5. The quantitative estimate of drug-likeness (QED) is 0.292. The van der Waals surface area contributed by atoms with Gasteiger partial charge in [-0.1, -0.05) is 24.3 Å². The third-order valence-corrected chi connectivity index (χ3v) is 6.58. The van der Waals surface area contributed by atoms with E-state index in [1.807, 2.05) is 19.1 Å². The first kappa shape index (κ1) is 26.4. The van der Waals surface area contributed by atoms with Crippen LogP contribution < -0.4 is 29.6 Å². The van der Waals surface area contributed by atoms with Gasteiger partial charge in [0.2, 0.25) is 11.7 Å². The van der Waals surface area contributed by atoms with Crippen LogP contribution in [0.15, 0.2) is 71.9 Å². The molecule has 5 rings (SSSR count). The Kier molecular flexibility index (Phi) is 7.19. The van der Waals surface area contributed by atoms with Crippen LogP contribution in [0.4, 0.5) is 11.6 Å². The number of rotatable bonds is 8. The maximum Gasteiger partial charge on any atom is 0.255 e. The van der Waals surface area contributed by atoms with Gasteiger partial charge in [-0.15, -0.1) is 5.10 Å². The summed E-state index contributed by atoms with van der Waals surface area (Å²) in [5.41, 5.74) is 2.90. The molecule has 2 heterocycles. The largest absolute Gasteiger partial charge is 0.508 e. The molecule has 1 amide bonds. The van der Waals surface area contributed by atoms with Crippen molar-refractivity contribution in [3.63, 3.8) is 0 Å². The van der Waals surface area contributed by atoms with Crippen molar-refractivity contribution in [2.45, 2.75) is 13.0 Å². The van der Waals surface area contributed by atoms with E-state index in [-0.39, 0.29) is 11.7 Å². The van der Waals surface area contributed by atoms with Crippen molar-refractivity contribution >= 4 is 17.5 Å². The minimum absolute atomic E-state index is 0.107. The van der Waals surface area contributed by atoms with Gasteiger partial charge in [0.15, 0.2) is 17.3 Å². The van der Waals surface area contributed by atoms with Crippen LogP contribution in [-0.2, 0) is 4.79 Å². The molecule has 0 radical (unpaired) electrons. The van der Waals surface area contributed by atoms with Crippen molar-refractivity contribution in [1.29, 1.82) is 0 Å². The Morgan fingerprint density at radius 2 is 1.57 bits per heavy atom. The van der Waals surface area contributed by atoms with Crippen LogP contribution in [0, 0.1) is 0 Å². The highest BCUT2D eigenvalue weighted by Crippen LogP contribution is 2.42. The van der Waals surface area contributed by atoms with Crippen LogP contribution in [0.3, 0.4) is 0 Å². The summed E-state index contributed by atoms with van der Waals surface area (Å²) in [5, 5.41) is 20.9. The fourth-order valence-corrected chi connectivity index (χ4v) is 4.68. The number of hydrogen-bond acceptors (Lipinski definition) is 9. The van der Waals surface area contributed by atoms with E-state index in [0.717, 1.165) is 5.56 Å². The molecule has 0 fully saturated rings. The monoisotopic (exact) mass is 543 g/mol. The number of nitrogens with one attached hydrogen (secondary N) is 2. The predicted molar refractivity (Wildman–Crippen MR) is 149 cm³/mol. The number of aromatic nitrogens is 3. The first-order valence-corrected chi connectivity index (χ1v) is 12.4. The summed E-state index contributed by atoms with van der Waals surface area (Å²) in [6.07, 6.45) is 0. The van der Waals surface area contributed by atoms with Gasteiger partial charge >= 0.3 is 0 Å². The highest BCUT2D eigenvalue weighted by Gasteiger charge is 2.35. The molecule has 1 aromatic heterocycles. The summed E-state index contributed by atoms with van der Waals surface area (Å²) in [6.45, 7) is 1.81. The molecule has 0 bridgehead atoms. The molecule has 11 nitrogen and oxygen atoms in total. The lowest BCUT2D eigenvalue weighted by atomic mass is 9.95. The number of carbonyl (C=O) groups is 1. The lowest BCUT2D eigenvalue weighted by molar-refractivity contribution is -0.113. The van der Waals surface area contributed by atoms with Crippen LogP contribution in [-0.4, -0.2) is 54.2 Å². The third kappa shape index (κ3) is 4.73. The number of hydrogen-bond donors (Lipinski definition) is 3. The number of allylic oxidation sites excluding steroid dienone is 1. The summed E-state index contributed by atoms with van der Waals surface area (Å²) in [6, 6.07) is 16.7. The van der Waals surface area contributed by atoms with E-state index in [4.69, 9.17) is 29.0 Å². The summed E-state index contributed by atoms with van der Waals surface area (Å²) >= 11 is 0. The minimum Gasteiger partial charge on any atom is -0.508 e. The second-order valence-electron chi connectivity index (χ2n) is 8.93. The van der Waals surface area contributed by atoms with Gasteiger partial charge in [-0.05, 0) is 48.9 Å². The van der Waals surface area contributed by atoms with Crippen molar-refractivity contribution in [1.82, 2.24) is 14.8 Å². The van der Waals surface area contributed by atoms with Gasteiger partial charge in [0.05, 0.1) is 39.7 Å². The molecular weight excluding hydrogens is 514 g/mol. The zero-order valence-electron chi connectivity index (χ0n) is 22.7. The van der Waals surface area contributed by atoms with E-state index in [0.29, 0.717) is 57.3 Å². The second-order valence-corrected chi connectivity index (χ2v) is 8.93. The first-order chi connectivity index (χ1) is 19.4. The van der Waals surface area contributed by atoms with Gasteiger partial charge in [0.1, 0.15) is 17.5 Å². The van der Waals surface area contributed by atoms with Gasteiger partial charge in [-0.3, -0.25) is 4.79 Å². The highest BCUT2D eigenvalue weighted by atomic mass is 16.5. The number of anilines is 2. The Bertz CT molecular complexity index is 1570. The molecule has 0 aliphatic carbocycles. The standard InChI is InChI=1S/C29H29N5O6/c1-16-24(28(36)31-20-8-6-7-9-21(20)37-2)25(17-10-12-19(35)13-11-17)34-29(30-16)32-27(33-34)18-14-22(38-3)26(40-5)23(15-18)39-4/h6-15,25,35H,1-5H3,(H,31,36)(H,30,32,33). The van der Waals surface area contributed by atoms with Gasteiger partial charge in [0, 0.05) is 11.3 Å². The van der Waals surface area contributed by atoms with Crippen LogP contribution in [0.5, 0.6) is 28.7 Å². The number of para-hydroxylation sites is 2. The average molecular weight is 544 g/mol. The second kappa shape index (κ2) is 10.9. The number of fused-ring (bicyclic) bond motifs is 1. The Balaban J connectivity index is 1.61. The number of methoxy groups -OCH3 is 4. The molecule has 4 aromatic rings. The van der Waals surface area contributed by atoms with Gasteiger partial charge in [-0.2, -0.15) is 4.98 Å². The molecule has 0 saturated heterocycles. The third-order valence-electron chi connectivity index (χ3n) is 6.58. The Hall–Kier alpha value is -5.19. The van der Waals surface area contributed by atoms with E-state index in [1.165, 1.54) is 21.3 Å². The number of amides is 1. The van der Waals surface area contributed by atoms with E-state index >= 15 is 0 Å². The number of carbonyl (C=O) groups excluding carboxylic acids is 1. The molecule has 11 heteroatoms. The fourth-order valence-electron chi connectivity index (χ4n) is 4.68. The fraction of sp³-hybridized carbons (Fsp3) is 0.207. The molecule has 1 aliphatic heterocycles. The molecule has 1 aliphatic rings. The molecule has 3 aromatic carbocycles. The number of phenols is 1. The number of benzene rings is 3. The van der Waals surface area contributed by atoms with Crippen LogP contribution >= 0.6 is 0 Å². The maximum atomic E-state index is 13.8. The molecule has 206 valence electrons. The minimum atomic E-state index is -0.658. The lowest BCUT2D eigenvalue weighted by Gasteiger charge is -2.28. The number of phenolic OH excluding ortho intramolecular Hbond substituents is 1. The normalized spacial score (nSPS) is 14.2. The van der Waals surface area contributed by atoms with E-state index in [9.17, 15) is 9.90 Å². The van der Waals surface area contributed by atoms with E-state index < -0.39 is 6.04 Å². The van der Waals surface area contributed by atoms with Crippen molar-refractivity contribution in [2.24, 2.45) is 0 Å². The molecule has 1 unspecified atom stereocenters. The van der Waals surface area contributed by atoms with Gasteiger partial charge in [-0.25, -0.2) is 4.68 Å². The van der Waals surface area contributed by atoms with E-state index in [2.05, 4.69) is 10.6 Å². The highest BCUT2D eigenvalue weighted by molar-refractivity contribution is 6.06. The SMILES string of the molecule is COc1ccccc1NC(=O)C1=C(C)Nc2nc(-c3cc(OC)c(OC)c(OC)c3)nn2C1c1ccc(O)cc1. The Morgan fingerprint density at radius 1 is 0.925 bits per heavy atom. The molecule has 40 heavy (non-hydrogen) atoms. The molecule has 3 N–H and O–H groups in total. The maximum absolute atomic E-state index is 13.8. The van der Waals surface area contributed by atoms with Gasteiger partial charge < -0.3 is 34.7 Å². The van der Waals surface area contributed by atoms with Crippen LogP contribution in [0.2, 0.25) is 0 Å². The molecular formula is C29H29N5O6. The Labute approximate surface area is 231 Å². The zero-order valence-corrected chi connectivity index (χ0v) is 22.7. The zero-order chi connectivity index (χ0) is 28.4. The topological polar surface area (TPSA) is 129 Å². The van der Waals surface area contributed by atoms with Crippen molar-refractivity contribution in [3.8, 4) is 40.1 Å². The van der Waals surface area contributed by atoms with Crippen molar-refractivity contribution in [3.05, 3.63) is 77.5 Å². The summed E-state index contributed by atoms with van der Waals surface area (Å²) in [4.78, 5) is 18.5. The van der Waals surface area contributed by atoms with E-state index in [1.54, 1.807) is 60.3 Å². The first-order valence-electron chi connectivity index (χ1n) is 12.4. The predicted octanol–water partition coefficient (Wildman–Crippen LogP) is 4.61. The van der Waals surface area contributed by atoms with Crippen molar-refractivity contribution in [2.75, 3.05) is 39.1 Å². The smallest absolute Gasteiger partial charge is 0.255 e. The van der Waals surface area contributed by atoms with Crippen molar-refractivity contribution < 1.29 is 28.8 Å². The lowest BCUT2D eigenvalue weighted by Crippen LogP contribution is -2.31. The number of aromatic hydroxyl groups is 1. The van der Waals surface area contributed by atoms with Crippen LogP contribution in [0.1, 0.15) is 18.5 Å².